The van der Waals surface area contributed by atoms with E-state index in [0.29, 0.717) is 12.2 Å². The first-order valence-electron chi connectivity index (χ1n) is 9.65. The molecule has 5 nitrogen and oxygen atoms in total. The van der Waals surface area contributed by atoms with Crippen molar-refractivity contribution >= 4 is 28.8 Å². The summed E-state index contributed by atoms with van der Waals surface area (Å²) in [6, 6.07) is 15.6. The monoisotopic (exact) mass is 407 g/mol. The number of aromatic nitrogens is 1. The molecule has 0 aliphatic heterocycles. The Hall–Kier alpha value is -2.99. The summed E-state index contributed by atoms with van der Waals surface area (Å²) in [6.45, 7) is 6.45. The average Bonchev–Trinajstić information content (AvgIpc) is 3.19. The number of aryl methyl sites for hydroxylation is 2. The average molecular weight is 408 g/mol. The normalized spacial score (nSPS) is 10.6. The fraction of sp³-hybridized carbons (Fsp3) is 0.261. The van der Waals surface area contributed by atoms with Crippen LogP contribution in [0, 0.1) is 13.8 Å². The van der Waals surface area contributed by atoms with Gasteiger partial charge in [0.05, 0.1) is 0 Å². The lowest BCUT2D eigenvalue weighted by Crippen LogP contribution is -2.38. The van der Waals surface area contributed by atoms with Crippen LogP contribution in [0.1, 0.15) is 35.0 Å². The third-order valence-corrected chi connectivity index (χ3v) is 5.45. The van der Waals surface area contributed by atoms with Crippen LogP contribution in [0.25, 0.3) is 10.6 Å². The molecule has 0 saturated heterocycles. The minimum Gasteiger partial charge on any atom is -0.328 e. The highest BCUT2D eigenvalue weighted by Crippen LogP contribution is 2.24. The second-order valence-corrected chi connectivity index (χ2v) is 7.85. The SMILES string of the molecule is CCCN(CC(=O)Nc1ccccc1C)C(=O)c1csc(-c2ccc(C)cc2)n1. The Labute approximate surface area is 175 Å². The van der Waals surface area contributed by atoms with E-state index < -0.39 is 0 Å². The van der Waals surface area contributed by atoms with Gasteiger partial charge in [0.2, 0.25) is 5.91 Å². The summed E-state index contributed by atoms with van der Waals surface area (Å²) >= 11 is 1.44. The molecule has 2 amide bonds. The lowest BCUT2D eigenvalue weighted by atomic mass is 10.2. The van der Waals surface area contributed by atoms with Gasteiger partial charge in [0, 0.05) is 23.2 Å². The molecule has 0 spiro atoms. The van der Waals surface area contributed by atoms with Gasteiger partial charge in [-0.05, 0) is 31.9 Å². The first-order valence-corrected chi connectivity index (χ1v) is 10.5. The molecule has 6 heteroatoms. The Balaban J connectivity index is 1.71. The maximum absolute atomic E-state index is 13.0. The second-order valence-electron chi connectivity index (χ2n) is 6.99. The van der Waals surface area contributed by atoms with Crippen molar-refractivity contribution < 1.29 is 9.59 Å². The second kappa shape index (κ2) is 9.47. The molecule has 1 aromatic heterocycles. The zero-order chi connectivity index (χ0) is 20.8. The third kappa shape index (κ3) is 5.29. The largest absolute Gasteiger partial charge is 0.328 e. The molecule has 0 aliphatic rings. The summed E-state index contributed by atoms with van der Waals surface area (Å²) in [5.41, 5.74) is 4.28. The van der Waals surface area contributed by atoms with Gasteiger partial charge in [0.25, 0.3) is 5.91 Å². The molecule has 0 bridgehead atoms. The van der Waals surface area contributed by atoms with Crippen molar-refractivity contribution in [3.63, 3.8) is 0 Å². The Morgan fingerprint density at radius 1 is 1.07 bits per heavy atom. The fourth-order valence-corrected chi connectivity index (χ4v) is 3.76. The quantitative estimate of drug-likeness (QED) is 0.605. The minimum atomic E-state index is -0.221. The number of nitrogens with one attached hydrogen (secondary N) is 1. The molecular weight excluding hydrogens is 382 g/mol. The molecule has 0 radical (unpaired) electrons. The molecule has 0 unspecified atom stereocenters. The number of para-hydroxylation sites is 1. The van der Waals surface area contributed by atoms with E-state index in [-0.39, 0.29) is 18.4 Å². The highest BCUT2D eigenvalue weighted by molar-refractivity contribution is 7.13. The van der Waals surface area contributed by atoms with E-state index in [1.54, 1.807) is 10.3 Å². The van der Waals surface area contributed by atoms with E-state index >= 15 is 0 Å². The number of anilines is 1. The van der Waals surface area contributed by atoms with E-state index in [2.05, 4.69) is 10.3 Å². The molecule has 3 rings (SSSR count). The molecule has 1 heterocycles. The van der Waals surface area contributed by atoms with E-state index in [4.69, 9.17) is 0 Å². The predicted molar refractivity (Wildman–Crippen MR) is 118 cm³/mol. The van der Waals surface area contributed by atoms with Gasteiger partial charge in [-0.2, -0.15) is 0 Å². The summed E-state index contributed by atoms with van der Waals surface area (Å²) in [5.74, 6) is -0.434. The standard InChI is InChI=1S/C23H25N3O2S/c1-4-13-26(14-21(27)24-19-8-6-5-7-17(19)3)23(28)20-15-29-22(25-20)18-11-9-16(2)10-12-18/h5-12,15H,4,13-14H2,1-3H3,(H,24,27). The fourth-order valence-electron chi connectivity index (χ4n) is 2.96. The summed E-state index contributed by atoms with van der Waals surface area (Å²) < 4.78 is 0. The minimum absolute atomic E-state index is 0.00159. The van der Waals surface area contributed by atoms with Crippen molar-refractivity contribution in [1.82, 2.24) is 9.88 Å². The number of amides is 2. The molecule has 150 valence electrons. The summed E-state index contributed by atoms with van der Waals surface area (Å²) in [5, 5.41) is 5.45. The van der Waals surface area contributed by atoms with E-state index in [1.807, 2.05) is 69.3 Å². The van der Waals surface area contributed by atoms with Crippen LogP contribution in [0.2, 0.25) is 0 Å². The number of hydrogen-bond acceptors (Lipinski definition) is 4. The third-order valence-electron chi connectivity index (χ3n) is 4.56. The van der Waals surface area contributed by atoms with Gasteiger partial charge in [0.15, 0.2) is 0 Å². The lowest BCUT2D eigenvalue weighted by molar-refractivity contribution is -0.116. The van der Waals surface area contributed by atoms with Crippen LogP contribution in [-0.2, 0) is 4.79 Å². The molecule has 29 heavy (non-hydrogen) atoms. The van der Waals surface area contributed by atoms with Crippen molar-refractivity contribution in [2.75, 3.05) is 18.4 Å². The summed E-state index contributed by atoms with van der Waals surface area (Å²) in [6.07, 6.45) is 0.762. The van der Waals surface area contributed by atoms with Crippen molar-refractivity contribution in [1.29, 1.82) is 0 Å². The Morgan fingerprint density at radius 3 is 2.48 bits per heavy atom. The molecule has 1 N–H and O–H groups in total. The van der Waals surface area contributed by atoms with Crippen LogP contribution in [0.4, 0.5) is 5.69 Å². The van der Waals surface area contributed by atoms with Gasteiger partial charge in [-0.15, -0.1) is 11.3 Å². The van der Waals surface area contributed by atoms with Crippen LogP contribution in [0.5, 0.6) is 0 Å². The van der Waals surface area contributed by atoms with Gasteiger partial charge < -0.3 is 10.2 Å². The van der Waals surface area contributed by atoms with E-state index in [9.17, 15) is 9.59 Å². The summed E-state index contributed by atoms with van der Waals surface area (Å²) in [7, 11) is 0. The van der Waals surface area contributed by atoms with E-state index in [0.717, 1.165) is 28.2 Å². The van der Waals surface area contributed by atoms with Crippen LogP contribution in [0.15, 0.2) is 53.9 Å². The number of thiazole rings is 1. The molecule has 2 aromatic carbocycles. The van der Waals surface area contributed by atoms with Gasteiger partial charge in [-0.1, -0.05) is 55.0 Å². The van der Waals surface area contributed by atoms with Crippen molar-refractivity contribution in [2.24, 2.45) is 0 Å². The maximum atomic E-state index is 13.0. The van der Waals surface area contributed by atoms with Crippen LogP contribution in [-0.4, -0.2) is 34.8 Å². The molecule has 0 fully saturated rings. The number of rotatable bonds is 7. The Morgan fingerprint density at radius 2 is 1.79 bits per heavy atom. The molecular formula is C23H25N3O2S. The van der Waals surface area contributed by atoms with Gasteiger partial charge in [-0.25, -0.2) is 4.98 Å². The van der Waals surface area contributed by atoms with Crippen molar-refractivity contribution in [3.05, 3.63) is 70.7 Å². The van der Waals surface area contributed by atoms with Crippen LogP contribution < -0.4 is 5.32 Å². The highest BCUT2D eigenvalue weighted by Gasteiger charge is 2.21. The number of benzene rings is 2. The molecule has 0 aliphatic carbocycles. The molecule has 0 atom stereocenters. The van der Waals surface area contributed by atoms with Gasteiger partial charge in [-0.3, -0.25) is 9.59 Å². The maximum Gasteiger partial charge on any atom is 0.273 e. The first-order chi connectivity index (χ1) is 14.0. The predicted octanol–water partition coefficient (Wildman–Crippen LogP) is 4.92. The summed E-state index contributed by atoms with van der Waals surface area (Å²) in [4.78, 5) is 31.6. The smallest absolute Gasteiger partial charge is 0.273 e. The highest BCUT2D eigenvalue weighted by atomic mass is 32.1. The number of hydrogen-bond donors (Lipinski definition) is 1. The van der Waals surface area contributed by atoms with Crippen LogP contribution in [0.3, 0.4) is 0 Å². The Kier molecular flexibility index (Phi) is 6.77. The van der Waals surface area contributed by atoms with Gasteiger partial charge >= 0.3 is 0 Å². The topological polar surface area (TPSA) is 62.3 Å². The lowest BCUT2D eigenvalue weighted by Gasteiger charge is -2.21. The zero-order valence-electron chi connectivity index (χ0n) is 16.9. The number of nitrogens with zero attached hydrogens (tertiary/aromatic N) is 2. The van der Waals surface area contributed by atoms with Crippen molar-refractivity contribution in [3.8, 4) is 10.6 Å². The van der Waals surface area contributed by atoms with Crippen LogP contribution >= 0.6 is 11.3 Å². The molecule has 3 aromatic rings. The van der Waals surface area contributed by atoms with E-state index in [1.165, 1.54) is 16.9 Å². The first kappa shape index (κ1) is 20.7. The number of carbonyl (C=O) groups excluding carboxylic acids is 2. The van der Waals surface area contributed by atoms with Crippen molar-refractivity contribution in [2.45, 2.75) is 27.2 Å². The Bertz CT molecular complexity index is 995. The van der Waals surface area contributed by atoms with Gasteiger partial charge in [0.1, 0.15) is 17.2 Å². The molecule has 0 saturated carbocycles. The zero-order valence-corrected chi connectivity index (χ0v) is 17.8. The number of carbonyl (C=O) groups is 2.